The summed E-state index contributed by atoms with van der Waals surface area (Å²) >= 11 is 3.43. The molecule has 0 saturated heterocycles. The van der Waals surface area contributed by atoms with Gasteiger partial charge in [-0.15, -0.1) is 0 Å². The van der Waals surface area contributed by atoms with Crippen LogP contribution in [-0.4, -0.2) is 44.5 Å². The molecule has 0 aliphatic rings. The number of aryl methyl sites for hydroxylation is 2. The molecule has 0 aliphatic carbocycles. The Hall–Kier alpha value is -1.56. The number of hydrogen-bond acceptors (Lipinski definition) is 4. The molecule has 0 radical (unpaired) electrons. The molecule has 30 heavy (non-hydrogen) atoms. The zero-order valence-electron chi connectivity index (χ0n) is 18.4. The lowest BCUT2D eigenvalue weighted by Crippen LogP contribution is -1.99. The highest BCUT2D eigenvalue weighted by Crippen LogP contribution is 2.13. The quantitative estimate of drug-likeness (QED) is 0.273. The van der Waals surface area contributed by atoms with Crippen molar-refractivity contribution in [3.05, 3.63) is 59.7 Å². The Morgan fingerprint density at radius 1 is 0.667 bits per heavy atom. The van der Waals surface area contributed by atoms with Gasteiger partial charge >= 0.3 is 0 Å². The van der Waals surface area contributed by atoms with Crippen molar-refractivity contribution in [2.24, 2.45) is 0 Å². The van der Waals surface area contributed by atoms with Crippen LogP contribution in [0, 0.1) is 0 Å². The number of benzene rings is 2. The first-order valence-corrected chi connectivity index (χ1v) is 11.9. The van der Waals surface area contributed by atoms with Gasteiger partial charge in [0.15, 0.2) is 0 Å². The minimum Gasteiger partial charge on any atom is -0.497 e. The van der Waals surface area contributed by atoms with E-state index >= 15 is 0 Å². The summed E-state index contributed by atoms with van der Waals surface area (Å²) in [4.78, 5) is 0. The van der Waals surface area contributed by atoms with Crippen molar-refractivity contribution in [1.82, 2.24) is 0 Å². The maximum Gasteiger partial charge on any atom is 0.118 e. The third-order valence-corrected chi connectivity index (χ3v) is 5.18. The van der Waals surface area contributed by atoms with E-state index in [1.807, 2.05) is 36.4 Å². The van der Waals surface area contributed by atoms with E-state index in [2.05, 4.69) is 28.1 Å². The normalized spacial score (nSPS) is 10.3. The van der Waals surface area contributed by atoms with Gasteiger partial charge < -0.3 is 19.3 Å². The minimum absolute atomic E-state index is 0.256. The van der Waals surface area contributed by atoms with Crippen molar-refractivity contribution in [2.75, 3.05) is 39.4 Å². The minimum atomic E-state index is 0.256. The van der Waals surface area contributed by atoms with Gasteiger partial charge in [0.25, 0.3) is 0 Å². The molecule has 0 unspecified atom stereocenters. The SMILES string of the molecule is COc1ccc(CCCO)cc1.COc1ccc(CCCOCCCCCBr)cc1. The Balaban J connectivity index is 0.000000325. The van der Waals surface area contributed by atoms with Crippen LogP contribution in [0.1, 0.15) is 43.2 Å². The highest BCUT2D eigenvalue weighted by Gasteiger charge is 1.96. The van der Waals surface area contributed by atoms with Crippen molar-refractivity contribution < 1.29 is 19.3 Å². The second kappa shape index (κ2) is 18.2. The van der Waals surface area contributed by atoms with Crippen molar-refractivity contribution in [3.63, 3.8) is 0 Å². The highest BCUT2D eigenvalue weighted by molar-refractivity contribution is 9.09. The first kappa shape index (κ1) is 26.5. The summed E-state index contributed by atoms with van der Waals surface area (Å²) in [5, 5.41) is 9.71. The van der Waals surface area contributed by atoms with E-state index in [0.717, 1.165) is 55.7 Å². The van der Waals surface area contributed by atoms with Crippen LogP contribution < -0.4 is 9.47 Å². The molecule has 1 N–H and O–H groups in total. The van der Waals surface area contributed by atoms with Crippen LogP contribution in [0.4, 0.5) is 0 Å². The van der Waals surface area contributed by atoms with Crippen LogP contribution in [0.5, 0.6) is 11.5 Å². The molecule has 2 rings (SSSR count). The standard InChI is InChI=1S/C15H23BrO2.C10H14O2/c1-17-15-9-7-14(8-10-15)6-5-13-18-12-4-2-3-11-16;1-12-10-6-4-9(5-7-10)3-2-8-11/h7-10H,2-6,11-13H2,1H3;4-7,11H,2-3,8H2,1H3. The number of aliphatic hydroxyl groups excluding tert-OH is 1. The molecular weight excluding hydrogens is 444 g/mol. The van der Waals surface area contributed by atoms with Gasteiger partial charge in [0.2, 0.25) is 0 Å². The summed E-state index contributed by atoms with van der Waals surface area (Å²) in [6, 6.07) is 16.2. The summed E-state index contributed by atoms with van der Waals surface area (Å²) in [5.74, 6) is 1.80. The van der Waals surface area contributed by atoms with E-state index < -0.39 is 0 Å². The zero-order chi connectivity index (χ0) is 21.9. The van der Waals surface area contributed by atoms with Crippen molar-refractivity contribution in [2.45, 2.75) is 44.9 Å². The fourth-order valence-electron chi connectivity index (χ4n) is 2.82. The van der Waals surface area contributed by atoms with Crippen LogP contribution in [0.15, 0.2) is 48.5 Å². The summed E-state index contributed by atoms with van der Waals surface area (Å²) in [6.07, 6.45) is 7.59. The number of methoxy groups -OCH3 is 2. The predicted octanol–water partition coefficient (Wildman–Crippen LogP) is 5.83. The first-order valence-electron chi connectivity index (χ1n) is 10.7. The Morgan fingerprint density at radius 2 is 1.17 bits per heavy atom. The lowest BCUT2D eigenvalue weighted by Gasteiger charge is -2.05. The number of halogens is 1. The second-order valence-electron chi connectivity index (χ2n) is 6.99. The molecule has 0 aliphatic heterocycles. The van der Waals surface area contributed by atoms with Gasteiger partial charge in [0.1, 0.15) is 11.5 Å². The molecule has 0 fully saturated rings. The Labute approximate surface area is 190 Å². The maximum absolute atomic E-state index is 8.60. The predicted molar refractivity (Wildman–Crippen MR) is 128 cm³/mol. The number of ether oxygens (including phenoxy) is 3. The summed E-state index contributed by atoms with van der Waals surface area (Å²) in [7, 11) is 3.35. The van der Waals surface area contributed by atoms with Crippen molar-refractivity contribution in [3.8, 4) is 11.5 Å². The number of rotatable bonds is 14. The molecule has 4 nitrogen and oxygen atoms in total. The number of unbranched alkanes of at least 4 members (excludes halogenated alkanes) is 2. The molecular formula is C25H37BrO4. The van der Waals surface area contributed by atoms with Crippen LogP contribution in [-0.2, 0) is 17.6 Å². The van der Waals surface area contributed by atoms with Crippen molar-refractivity contribution in [1.29, 1.82) is 0 Å². The third kappa shape index (κ3) is 12.9. The molecule has 0 aromatic heterocycles. The lowest BCUT2D eigenvalue weighted by molar-refractivity contribution is 0.128. The van der Waals surface area contributed by atoms with Gasteiger partial charge in [-0.05, 0) is 73.9 Å². The van der Waals surface area contributed by atoms with E-state index in [4.69, 9.17) is 19.3 Å². The van der Waals surface area contributed by atoms with Gasteiger partial charge in [-0.1, -0.05) is 46.6 Å². The van der Waals surface area contributed by atoms with Gasteiger partial charge in [0, 0.05) is 25.2 Å². The Morgan fingerprint density at radius 3 is 1.63 bits per heavy atom. The number of alkyl halides is 1. The average molecular weight is 481 g/mol. The van der Waals surface area contributed by atoms with E-state index in [1.54, 1.807) is 14.2 Å². The summed E-state index contributed by atoms with van der Waals surface area (Å²) in [6.45, 7) is 2.02. The van der Waals surface area contributed by atoms with Gasteiger partial charge in [-0.3, -0.25) is 0 Å². The van der Waals surface area contributed by atoms with E-state index in [0.29, 0.717) is 0 Å². The molecule has 168 valence electrons. The highest BCUT2D eigenvalue weighted by atomic mass is 79.9. The van der Waals surface area contributed by atoms with E-state index in [1.165, 1.54) is 30.4 Å². The summed E-state index contributed by atoms with van der Waals surface area (Å²) < 4.78 is 15.8. The molecule has 0 spiro atoms. The molecule has 2 aromatic carbocycles. The number of hydrogen-bond donors (Lipinski definition) is 1. The van der Waals surface area contributed by atoms with Gasteiger partial charge in [0.05, 0.1) is 14.2 Å². The lowest BCUT2D eigenvalue weighted by atomic mass is 10.1. The molecule has 0 heterocycles. The topological polar surface area (TPSA) is 47.9 Å². The first-order chi connectivity index (χ1) is 14.7. The van der Waals surface area contributed by atoms with Gasteiger partial charge in [-0.2, -0.15) is 0 Å². The third-order valence-electron chi connectivity index (χ3n) is 4.62. The fraction of sp³-hybridized carbons (Fsp3) is 0.520. The maximum atomic E-state index is 8.60. The van der Waals surface area contributed by atoms with Gasteiger partial charge in [-0.25, -0.2) is 0 Å². The average Bonchev–Trinajstić information content (AvgIpc) is 2.80. The molecule has 0 amide bonds. The Bertz CT molecular complexity index is 629. The smallest absolute Gasteiger partial charge is 0.118 e. The molecule has 0 saturated carbocycles. The Kier molecular flexibility index (Phi) is 16.1. The van der Waals surface area contributed by atoms with E-state index in [9.17, 15) is 0 Å². The molecule has 2 aromatic rings. The van der Waals surface area contributed by atoms with Crippen molar-refractivity contribution >= 4 is 15.9 Å². The van der Waals surface area contributed by atoms with Crippen LogP contribution >= 0.6 is 15.9 Å². The largest absolute Gasteiger partial charge is 0.497 e. The zero-order valence-corrected chi connectivity index (χ0v) is 20.0. The fourth-order valence-corrected chi connectivity index (χ4v) is 3.22. The summed E-state index contributed by atoms with van der Waals surface area (Å²) in [5.41, 5.74) is 2.59. The van der Waals surface area contributed by atoms with Crippen LogP contribution in [0.3, 0.4) is 0 Å². The number of aliphatic hydroxyl groups is 1. The molecule has 5 heteroatoms. The molecule has 0 atom stereocenters. The second-order valence-corrected chi connectivity index (χ2v) is 7.78. The molecule has 0 bridgehead atoms. The van der Waals surface area contributed by atoms with E-state index in [-0.39, 0.29) is 6.61 Å². The van der Waals surface area contributed by atoms with Crippen LogP contribution in [0.25, 0.3) is 0 Å². The monoisotopic (exact) mass is 480 g/mol. The van der Waals surface area contributed by atoms with Crippen LogP contribution in [0.2, 0.25) is 0 Å².